The van der Waals surface area contributed by atoms with Crippen LogP contribution in [0.5, 0.6) is 0 Å². The van der Waals surface area contributed by atoms with Gasteiger partial charge in [0.25, 0.3) is 0 Å². The molecule has 0 saturated heterocycles. The van der Waals surface area contributed by atoms with Crippen molar-refractivity contribution < 1.29 is 0 Å². The van der Waals surface area contributed by atoms with Crippen LogP contribution in [-0.4, -0.2) is 23.5 Å². The van der Waals surface area contributed by atoms with Gasteiger partial charge in [-0.05, 0) is 24.0 Å². The van der Waals surface area contributed by atoms with Crippen molar-refractivity contribution in [1.82, 2.24) is 10.2 Å². The third kappa shape index (κ3) is 4.81. The molecular weight excluding hydrogens is 232 g/mol. The van der Waals surface area contributed by atoms with Crippen molar-refractivity contribution in [3.8, 4) is 0 Å². The monoisotopic (exact) mass is 258 g/mol. The average Bonchev–Trinajstić information content (AvgIpc) is 3.21. The Hall–Kier alpha value is -1.12. The summed E-state index contributed by atoms with van der Waals surface area (Å²) in [5.74, 6) is 0. The summed E-state index contributed by atoms with van der Waals surface area (Å²) in [5.41, 5.74) is 2.76. The summed E-state index contributed by atoms with van der Waals surface area (Å²) in [6.07, 6.45) is 4.72. The highest BCUT2D eigenvalue weighted by Gasteiger charge is 2.27. The normalized spacial score (nSPS) is 15.2. The second kappa shape index (κ2) is 6.88. The summed E-state index contributed by atoms with van der Waals surface area (Å²) in [6, 6.07) is 10.3. The van der Waals surface area contributed by atoms with Gasteiger partial charge in [0, 0.05) is 31.7 Å². The molecule has 104 valence electrons. The van der Waals surface area contributed by atoms with Crippen LogP contribution in [0.15, 0.2) is 36.9 Å². The van der Waals surface area contributed by atoms with E-state index in [9.17, 15) is 0 Å². The lowest BCUT2D eigenvalue weighted by atomic mass is 10.1. The van der Waals surface area contributed by atoms with Crippen molar-refractivity contribution in [2.24, 2.45) is 0 Å². The zero-order valence-electron chi connectivity index (χ0n) is 12.2. The van der Waals surface area contributed by atoms with Crippen LogP contribution in [0.4, 0.5) is 0 Å². The van der Waals surface area contributed by atoms with E-state index < -0.39 is 0 Å². The second-order valence-electron chi connectivity index (χ2n) is 5.80. The molecule has 0 unspecified atom stereocenters. The molecule has 1 aliphatic carbocycles. The second-order valence-corrected chi connectivity index (χ2v) is 5.80. The van der Waals surface area contributed by atoms with Gasteiger partial charge in [-0.3, -0.25) is 4.90 Å². The Morgan fingerprint density at radius 1 is 1.26 bits per heavy atom. The summed E-state index contributed by atoms with van der Waals surface area (Å²) in [5, 5.41) is 3.45. The maximum absolute atomic E-state index is 3.86. The molecule has 19 heavy (non-hydrogen) atoms. The summed E-state index contributed by atoms with van der Waals surface area (Å²) >= 11 is 0. The number of hydrogen-bond donors (Lipinski definition) is 1. The fourth-order valence-corrected chi connectivity index (χ4v) is 2.27. The fourth-order valence-electron chi connectivity index (χ4n) is 2.27. The van der Waals surface area contributed by atoms with Gasteiger partial charge < -0.3 is 5.32 Å². The molecule has 2 heteroatoms. The molecule has 1 N–H and O–H groups in total. The first-order chi connectivity index (χ1) is 9.19. The Balaban J connectivity index is 1.88. The van der Waals surface area contributed by atoms with Gasteiger partial charge in [-0.1, -0.05) is 44.2 Å². The molecule has 0 aliphatic heterocycles. The van der Waals surface area contributed by atoms with E-state index in [1.807, 2.05) is 6.08 Å². The summed E-state index contributed by atoms with van der Waals surface area (Å²) in [7, 11) is 0. The van der Waals surface area contributed by atoms with Crippen LogP contribution in [0, 0.1) is 0 Å². The van der Waals surface area contributed by atoms with Crippen LogP contribution in [0.2, 0.25) is 0 Å². The average molecular weight is 258 g/mol. The van der Waals surface area contributed by atoms with Crippen molar-refractivity contribution in [2.45, 2.75) is 51.9 Å². The van der Waals surface area contributed by atoms with E-state index in [1.165, 1.54) is 24.0 Å². The molecule has 0 radical (unpaired) electrons. The van der Waals surface area contributed by atoms with Crippen molar-refractivity contribution in [1.29, 1.82) is 0 Å². The van der Waals surface area contributed by atoms with Gasteiger partial charge in [-0.15, -0.1) is 6.58 Å². The zero-order valence-corrected chi connectivity index (χ0v) is 12.2. The molecular formula is C17H26N2. The Bertz CT molecular complexity index is 390. The van der Waals surface area contributed by atoms with Gasteiger partial charge in [0.1, 0.15) is 0 Å². The number of nitrogens with one attached hydrogen (secondary N) is 1. The largest absolute Gasteiger partial charge is 0.310 e. The minimum absolute atomic E-state index is 0.539. The van der Waals surface area contributed by atoms with Gasteiger partial charge in [0.05, 0.1) is 0 Å². The number of rotatable bonds is 8. The standard InChI is InChI=1S/C17H26N2/c1-4-11-19(17-9-10-17)13-16-7-5-15(6-8-16)12-18-14(2)3/h4-8,14,17-18H,1,9-13H2,2-3H3. The molecule has 0 atom stereocenters. The molecule has 1 fully saturated rings. The Labute approximate surface area is 117 Å². The predicted molar refractivity (Wildman–Crippen MR) is 82.0 cm³/mol. The molecule has 1 aliphatic rings. The van der Waals surface area contributed by atoms with Crippen LogP contribution in [0.25, 0.3) is 0 Å². The van der Waals surface area contributed by atoms with Crippen LogP contribution in [0.1, 0.15) is 37.8 Å². The number of nitrogens with zero attached hydrogens (tertiary/aromatic N) is 1. The fraction of sp³-hybridized carbons (Fsp3) is 0.529. The molecule has 0 aromatic heterocycles. The first-order valence-corrected chi connectivity index (χ1v) is 7.35. The minimum Gasteiger partial charge on any atom is -0.310 e. The quantitative estimate of drug-likeness (QED) is 0.720. The molecule has 1 aromatic rings. The Kier molecular flexibility index (Phi) is 5.17. The maximum atomic E-state index is 3.86. The third-order valence-electron chi connectivity index (χ3n) is 3.55. The van der Waals surface area contributed by atoms with Crippen LogP contribution < -0.4 is 5.32 Å². The smallest absolute Gasteiger partial charge is 0.0239 e. The minimum atomic E-state index is 0.539. The Morgan fingerprint density at radius 3 is 2.42 bits per heavy atom. The van der Waals surface area contributed by atoms with Gasteiger partial charge in [0.15, 0.2) is 0 Å². The van der Waals surface area contributed by atoms with Crippen LogP contribution >= 0.6 is 0 Å². The number of benzene rings is 1. The van der Waals surface area contributed by atoms with E-state index >= 15 is 0 Å². The highest BCUT2D eigenvalue weighted by atomic mass is 15.2. The van der Waals surface area contributed by atoms with Crippen LogP contribution in [-0.2, 0) is 13.1 Å². The first kappa shape index (κ1) is 14.3. The van der Waals surface area contributed by atoms with E-state index in [-0.39, 0.29) is 0 Å². The molecule has 1 saturated carbocycles. The van der Waals surface area contributed by atoms with Crippen molar-refractivity contribution >= 4 is 0 Å². The molecule has 1 aromatic carbocycles. The lowest BCUT2D eigenvalue weighted by Crippen LogP contribution is -2.25. The first-order valence-electron chi connectivity index (χ1n) is 7.35. The van der Waals surface area contributed by atoms with Gasteiger partial charge >= 0.3 is 0 Å². The van der Waals surface area contributed by atoms with E-state index in [2.05, 4.69) is 54.9 Å². The SMILES string of the molecule is C=CCN(Cc1ccc(CNC(C)C)cc1)C1CC1. The summed E-state index contributed by atoms with van der Waals surface area (Å²) < 4.78 is 0. The van der Waals surface area contributed by atoms with E-state index in [0.29, 0.717) is 6.04 Å². The summed E-state index contributed by atoms with van der Waals surface area (Å²) in [6.45, 7) is 11.2. The molecule has 0 bridgehead atoms. The van der Waals surface area contributed by atoms with E-state index in [0.717, 1.165) is 25.7 Å². The van der Waals surface area contributed by atoms with E-state index in [1.54, 1.807) is 0 Å². The lowest BCUT2D eigenvalue weighted by Gasteiger charge is -2.20. The van der Waals surface area contributed by atoms with Crippen molar-refractivity contribution in [3.63, 3.8) is 0 Å². The van der Waals surface area contributed by atoms with Crippen LogP contribution in [0.3, 0.4) is 0 Å². The predicted octanol–water partition coefficient (Wildman–Crippen LogP) is 3.34. The van der Waals surface area contributed by atoms with Gasteiger partial charge in [0.2, 0.25) is 0 Å². The van der Waals surface area contributed by atoms with Crippen molar-refractivity contribution in [2.75, 3.05) is 6.54 Å². The summed E-state index contributed by atoms with van der Waals surface area (Å²) in [4.78, 5) is 2.52. The lowest BCUT2D eigenvalue weighted by molar-refractivity contribution is 0.284. The van der Waals surface area contributed by atoms with Crippen molar-refractivity contribution in [3.05, 3.63) is 48.0 Å². The zero-order chi connectivity index (χ0) is 13.7. The molecule has 0 amide bonds. The van der Waals surface area contributed by atoms with Gasteiger partial charge in [-0.25, -0.2) is 0 Å². The highest BCUT2D eigenvalue weighted by molar-refractivity contribution is 5.22. The molecule has 0 spiro atoms. The molecule has 0 heterocycles. The third-order valence-corrected chi connectivity index (χ3v) is 3.55. The number of hydrogen-bond acceptors (Lipinski definition) is 2. The molecule has 2 rings (SSSR count). The molecule has 2 nitrogen and oxygen atoms in total. The Morgan fingerprint density at radius 2 is 1.89 bits per heavy atom. The van der Waals surface area contributed by atoms with E-state index in [4.69, 9.17) is 0 Å². The highest BCUT2D eigenvalue weighted by Crippen LogP contribution is 2.28. The van der Waals surface area contributed by atoms with Gasteiger partial charge in [-0.2, -0.15) is 0 Å². The maximum Gasteiger partial charge on any atom is 0.0239 e. The topological polar surface area (TPSA) is 15.3 Å².